The number of carbonyl (C=O) groups excluding carboxylic acids is 2. The van der Waals surface area contributed by atoms with E-state index in [4.69, 9.17) is 4.74 Å². The van der Waals surface area contributed by atoms with E-state index < -0.39 is 23.6 Å². The molecule has 2 heterocycles. The second-order valence-corrected chi connectivity index (χ2v) is 11.9. The van der Waals surface area contributed by atoms with Gasteiger partial charge < -0.3 is 20.1 Å². The summed E-state index contributed by atoms with van der Waals surface area (Å²) < 4.78 is 5.79. The number of ether oxygens (including phenoxy) is 1. The molecule has 1 unspecified atom stereocenters. The molecule has 2 saturated heterocycles. The highest BCUT2D eigenvalue weighted by Crippen LogP contribution is 2.45. The first-order valence-electron chi connectivity index (χ1n) is 14.7. The monoisotopic (exact) mass is 567 g/mol. The van der Waals surface area contributed by atoms with Crippen LogP contribution in [0.25, 0.3) is 11.1 Å². The van der Waals surface area contributed by atoms with Gasteiger partial charge in [0.05, 0.1) is 0 Å². The molecule has 1 saturated carbocycles. The average Bonchev–Trinajstić information content (AvgIpc) is 3.34. The van der Waals surface area contributed by atoms with E-state index in [9.17, 15) is 19.5 Å². The first-order chi connectivity index (χ1) is 20.4. The van der Waals surface area contributed by atoms with Gasteiger partial charge >= 0.3 is 12.1 Å². The molecule has 4 aliphatic rings. The second-order valence-electron chi connectivity index (χ2n) is 11.9. The van der Waals surface area contributed by atoms with E-state index in [0.29, 0.717) is 25.9 Å². The molecule has 8 heteroatoms. The van der Waals surface area contributed by atoms with Crippen molar-refractivity contribution in [2.24, 2.45) is 5.92 Å². The predicted molar refractivity (Wildman–Crippen MR) is 159 cm³/mol. The van der Waals surface area contributed by atoms with Crippen LogP contribution in [-0.2, 0) is 20.9 Å². The van der Waals surface area contributed by atoms with Gasteiger partial charge in [-0.15, -0.1) is 0 Å². The summed E-state index contributed by atoms with van der Waals surface area (Å²) in [7, 11) is 1.89. The molecule has 0 aromatic heterocycles. The Hall–Kier alpha value is -4.17. The van der Waals surface area contributed by atoms with Gasteiger partial charge in [-0.1, -0.05) is 78.9 Å². The minimum Gasteiger partial charge on any atom is -0.479 e. The topological polar surface area (TPSA) is 99.2 Å². The van der Waals surface area contributed by atoms with E-state index >= 15 is 0 Å². The third kappa shape index (κ3) is 5.27. The van der Waals surface area contributed by atoms with Crippen molar-refractivity contribution < 1.29 is 24.2 Å². The highest BCUT2D eigenvalue weighted by atomic mass is 16.5. The number of hydrogen-bond donors (Lipinski definition) is 2. The number of amides is 2. The van der Waals surface area contributed by atoms with Crippen LogP contribution in [-0.4, -0.2) is 71.2 Å². The van der Waals surface area contributed by atoms with Crippen LogP contribution in [0.2, 0.25) is 0 Å². The van der Waals surface area contributed by atoms with Gasteiger partial charge in [-0.3, -0.25) is 9.69 Å². The zero-order valence-corrected chi connectivity index (χ0v) is 23.9. The summed E-state index contributed by atoms with van der Waals surface area (Å²) in [5.41, 5.74) is 4.34. The molecule has 42 heavy (non-hydrogen) atoms. The summed E-state index contributed by atoms with van der Waals surface area (Å²) in [4.78, 5) is 43.4. The van der Waals surface area contributed by atoms with Crippen molar-refractivity contribution >= 4 is 18.0 Å². The highest BCUT2D eigenvalue weighted by Gasteiger charge is 2.54. The number of fused-ring (bicyclic) bond motifs is 6. The Bertz CT molecular complexity index is 1420. The summed E-state index contributed by atoms with van der Waals surface area (Å²) in [6, 6.07) is 25.2. The molecule has 0 spiro atoms. The molecule has 218 valence electrons. The maximum Gasteiger partial charge on any atom is 0.407 e. The Morgan fingerprint density at radius 2 is 1.55 bits per heavy atom. The van der Waals surface area contributed by atoms with Gasteiger partial charge in [-0.2, -0.15) is 0 Å². The van der Waals surface area contributed by atoms with Gasteiger partial charge in [0.2, 0.25) is 5.91 Å². The second kappa shape index (κ2) is 11.6. The van der Waals surface area contributed by atoms with Gasteiger partial charge in [0, 0.05) is 25.6 Å². The molecule has 3 aromatic carbocycles. The van der Waals surface area contributed by atoms with Crippen LogP contribution in [0.5, 0.6) is 0 Å². The van der Waals surface area contributed by atoms with Crippen LogP contribution in [0, 0.1) is 5.92 Å². The fourth-order valence-electron chi connectivity index (χ4n) is 7.10. The number of nitrogens with zero attached hydrogens (tertiary/aromatic N) is 2. The number of alkyl carbamates (subject to hydrolysis) is 1. The first kappa shape index (κ1) is 28.0. The van der Waals surface area contributed by atoms with E-state index in [1.165, 1.54) is 4.90 Å². The quantitative estimate of drug-likeness (QED) is 0.382. The lowest BCUT2D eigenvalue weighted by molar-refractivity contribution is -0.171. The number of carboxylic acid groups (broad SMARTS) is 1. The minimum absolute atomic E-state index is 0.105. The summed E-state index contributed by atoms with van der Waals surface area (Å²) in [5.74, 6) is -1.15. The molecular weight excluding hydrogens is 530 g/mol. The number of aliphatic carboxylic acids is 1. The number of likely N-dealkylation sites (N-methyl/N-ethyl adjacent to an activating group) is 1. The Morgan fingerprint density at radius 3 is 2.17 bits per heavy atom. The molecule has 7 rings (SSSR count). The maximum absolute atomic E-state index is 14.1. The lowest BCUT2D eigenvalue weighted by Crippen LogP contribution is -2.68. The third-order valence-electron chi connectivity index (χ3n) is 9.28. The number of hydrogen-bond acceptors (Lipinski definition) is 5. The highest BCUT2D eigenvalue weighted by molar-refractivity contribution is 5.92. The Morgan fingerprint density at radius 1 is 0.952 bits per heavy atom. The van der Waals surface area contributed by atoms with E-state index in [2.05, 4.69) is 29.6 Å². The smallest absolute Gasteiger partial charge is 0.407 e. The molecule has 8 nitrogen and oxygen atoms in total. The largest absolute Gasteiger partial charge is 0.479 e. The Kier molecular flexibility index (Phi) is 7.73. The van der Waals surface area contributed by atoms with Crippen molar-refractivity contribution in [2.75, 3.05) is 26.7 Å². The normalized spacial score (nSPS) is 21.5. The van der Waals surface area contributed by atoms with Crippen LogP contribution in [0.1, 0.15) is 48.3 Å². The summed E-state index contributed by atoms with van der Waals surface area (Å²) in [5, 5.41) is 13.1. The van der Waals surface area contributed by atoms with Crippen LogP contribution in [0.4, 0.5) is 4.79 Å². The van der Waals surface area contributed by atoms with Gasteiger partial charge in [0.1, 0.15) is 18.2 Å². The van der Waals surface area contributed by atoms with Crippen LogP contribution in [0.3, 0.4) is 0 Å². The average molecular weight is 568 g/mol. The van der Waals surface area contributed by atoms with Crippen LogP contribution >= 0.6 is 0 Å². The van der Waals surface area contributed by atoms with E-state index in [1.54, 1.807) is 0 Å². The number of piperidine rings is 2. The molecule has 2 amide bonds. The SMILES string of the molecule is CN(Cc1ccccc1)CC(NC(=O)OCC1c2ccccc2-c2ccccc21)C(=O)N1CC2CCC1(C(=O)O)CC2. The molecule has 1 atom stereocenters. The van der Waals surface area contributed by atoms with Gasteiger partial charge in [-0.05, 0) is 66.5 Å². The van der Waals surface area contributed by atoms with Crippen molar-refractivity contribution in [1.29, 1.82) is 0 Å². The van der Waals surface area contributed by atoms with Crippen molar-refractivity contribution in [3.63, 3.8) is 0 Å². The molecule has 2 N–H and O–H groups in total. The van der Waals surface area contributed by atoms with Gasteiger partial charge in [0.15, 0.2) is 0 Å². The minimum atomic E-state index is -1.22. The Labute approximate surface area is 246 Å². The van der Waals surface area contributed by atoms with Crippen molar-refractivity contribution in [1.82, 2.24) is 15.1 Å². The van der Waals surface area contributed by atoms with E-state index in [1.807, 2.05) is 66.5 Å². The van der Waals surface area contributed by atoms with Gasteiger partial charge in [0.25, 0.3) is 0 Å². The molecule has 0 radical (unpaired) electrons. The molecule has 3 aromatic rings. The van der Waals surface area contributed by atoms with E-state index in [-0.39, 0.29) is 30.9 Å². The summed E-state index contributed by atoms with van der Waals surface area (Å²) in [6.07, 6.45) is 1.80. The standard InChI is InChI=1S/C34H37N3O5/c1-36(19-23-9-3-2-4-10-23)21-30(31(38)37-20-24-15-17-34(37,18-16-24)32(39)40)35-33(41)42-22-29-27-13-7-5-11-25(27)26-12-6-8-14-28(26)29/h2-14,24,29-30H,15-22H2,1H3,(H,35,41)(H,39,40). The number of carbonyl (C=O) groups is 3. The lowest BCUT2D eigenvalue weighted by atomic mass is 9.70. The zero-order valence-electron chi connectivity index (χ0n) is 23.9. The fourth-order valence-corrected chi connectivity index (χ4v) is 7.10. The molecule has 2 bridgehead atoms. The molecule has 3 fully saturated rings. The number of nitrogens with one attached hydrogen (secondary N) is 1. The zero-order chi connectivity index (χ0) is 29.3. The number of rotatable bonds is 9. The number of carboxylic acids is 1. The Balaban J connectivity index is 1.19. The lowest BCUT2D eigenvalue weighted by Gasteiger charge is -2.52. The van der Waals surface area contributed by atoms with Crippen molar-refractivity contribution in [2.45, 2.75) is 49.7 Å². The molecule has 2 aliphatic carbocycles. The van der Waals surface area contributed by atoms with Crippen LogP contribution < -0.4 is 5.32 Å². The van der Waals surface area contributed by atoms with Gasteiger partial charge in [-0.25, -0.2) is 9.59 Å². The predicted octanol–water partition coefficient (Wildman–Crippen LogP) is 4.88. The van der Waals surface area contributed by atoms with Crippen LogP contribution in [0.15, 0.2) is 78.9 Å². The molecular formula is C34H37N3O5. The van der Waals surface area contributed by atoms with Crippen molar-refractivity contribution in [3.8, 4) is 11.1 Å². The first-order valence-corrected chi connectivity index (χ1v) is 14.7. The summed E-state index contributed by atoms with van der Waals surface area (Å²) in [6.45, 7) is 1.32. The van der Waals surface area contributed by atoms with E-state index in [0.717, 1.165) is 40.7 Å². The molecule has 2 aliphatic heterocycles. The number of benzene rings is 3. The summed E-state index contributed by atoms with van der Waals surface area (Å²) >= 11 is 0. The van der Waals surface area contributed by atoms with Crippen molar-refractivity contribution in [3.05, 3.63) is 95.6 Å². The maximum atomic E-state index is 14.1. The fraction of sp³-hybridized carbons (Fsp3) is 0.382. The third-order valence-corrected chi connectivity index (χ3v) is 9.28.